The van der Waals surface area contributed by atoms with E-state index in [0.717, 1.165) is 30.9 Å². The first-order valence-corrected chi connectivity index (χ1v) is 6.90. The number of hydrogen-bond donors (Lipinski definition) is 1. The first-order valence-electron chi connectivity index (χ1n) is 6.90. The number of hydrogen-bond acceptors (Lipinski definition) is 1. The molecule has 1 saturated heterocycles. The Labute approximate surface area is 106 Å². The van der Waals surface area contributed by atoms with Crippen LogP contribution in [0.25, 0.3) is 0 Å². The average molecular weight is 239 g/mol. The zero-order valence-corrected chi connectivity index (χ0v) is 12.2. The van der Waals surface area contributed by atoms with Crippen LogP contribution >= 0.6 is 0 Å². The van der Waals surface area contributed by atoms with Crippen LogP contribution in [0.15, 0.2) is 4.99 Å². The van der Waals surface area contributed by atoms with Crippen LogP contribution in [-0.2, 0) is 0 Å². The second kappa shape index (κ2) is 5.74. The van der Waals surface area contributed by atoms with Gasteiger partial charge in [0.1, 0.15) is 0 Å². The molecule has 1 rings (SSSR count). The van der Waals surface area contributed by atoms with E-state index in [1.807, 2.05) is 0 Å². The summed E-state index contributed by atoms with van der Waals surface area (Å²) in [6, 6.07) is 0. The topological polar surface area (TPSA) is 41.6 Å². The highest BCUT2D eigenvalue weighted by Crippen LogP contribution is 2.24. The summed E-state index contributed by atoms with van der Waals surface area (Å²) in [7, 11) is 0. The zero-order chi connectivity index (χ0) is 13.1. The molecule has 1 fully saturated rings. The maximum Gasteiger partial charge on any atom is 0.191 e. The van der Waals surface area contributed by atoms with Gasteiger partial charge >= 0.3 is 0 Å². The molecule has 2 N–H and O–H groups in total. The molecule has 0 aromatic heterocycles. The summed E-state index contributed by atoms with van der Waals surface area (Å²) in [5.41, 5.74) is 6.03. The van der Waals surface area contributed by atoms with Gasteiger partial charge in [0.05, 0.1) is 5.54 Å². The van der Waals surface area contributed by atoms with Gasteiger partial charge in [-0.3, -0.25) is 0 Å². The Hall–Kier alpha value is -0.730. The van der Waals surface area contributed by atoms with Gasteiger partial charge in [0.25, 0.3) is 0 Å². The summed E-state index contributed by atoms with van der Waals surface area (Å²) < 4.78 is 0. The Morgan fingerprint density at radius 3 is 2.41 bits per heavy atom. The number of aliphatic imine (C=N–C) groups is 1. The van der Waals surface area contributed by atoms with Gasteiger partial charge in [0, 0.05) is 13.1 Å². The lowest BCUT2D eigenvalue weighted by Crippen LogP contribution is -2.40. The highest BCUT2D eigenvalue weighted by molar-refractivity contribution is 5.78. The molecule has 100 valence electrons. The normalized spacial score (nSPS) is 24.0. The van der Waals surface area contributed by atoms with E-state index in [2.05, 4.69) is 44.5 Å². The molecule has 3 nitrogen and oxygen atoms in total. The zero-order valence-electron chi connectivity index (χ0n) is 12.2. The molecular weight excluding hydrogens is 210 g/mol. The molecule has 0 aliphatic carbocycles. The van der Waals surface area contributed by atoms with Gasteiger partial charge in [-0.2, -0.15) is 0 Å². The van der Waals surface area contributed by atoms with E-state index in [0.29, 0.717) is 0 Å². The molecule has 0 aromatic carbocycles. The van der Waals surface area contributed by atoms with Crippen LogP contribution < -0.4 is 5.73 Å². The number of rotatable bonds is 1. The largest absolute Gasteiger partial charge is 0.370 e. The van der Waals surface area contributed by atoms with Gasteiger partial charge in [-0.1, -0.05) is 13.8 Å². The summed E-state index contributed by atoms with van der Waals surface area (Å²) >= 11 is 0. The highest BCUT2D eigenvalue weighted by atomic mass is 15.3. The third-order valence-electron chi connectivity index (χ3n) is 3.49. The summed E-state index contributed by atoms with van der Waals surface area (Å²) in [5.74, 6) is 2.36. The fourth-order valence-corrected chi connectivity index (χ4v) is 2.43. The van der Waals surface area contributed by atoms with Crippen molar-refractivity contribution in [1.29, 1.82) is 0 Å². The smallest absolute Gasteiger partial charge is 0.191 e. The van der Waals surface area contributed by atoms with Crippen molar-refractivity contribution in [3.05, 3.63) is 0 Å². The van der Waals surface area contributed by atoms with Gasteiger partial charge in [0.15, 0.2) is 5.96 Å². The molecule has 17 heavy (non-hydrogen) atoms. The van der Waals surface area contributed by atoms with E-state index in [4.69, 9.17) is 5.73 Å². The van der Waals surface area contributed by atoms with E-state index < -0.39 is 0 Å². The molecule has 0 aromatic rings. The molecule has 1 aliphatic heterocycles. The van der Waals surface area contributed by atoms with Crippen molar-refractivity contribution in [3.8, 4) is 0 Å². The minimum Gasteiger partial charge on any atom is -0.370 e. The number of nitrogens with two attached hydrogens (primary N) is 1. The molecule has 1 heterocycles. The van der Waals surface area contributed by atoms with Crippen LogP contribution in [0, 0.1) is 11.8 Å². The summed E-state index contributed by atoms with van der Waals surface area (Å²) in [5, 5.41) is 0. The Morgan fingerprint density at radius 2 is 1.88 bits per heavy atom. The highest BCUT2D eigenvalue weighted by Gasteiger charge is 2.21. The van der Waals surface area contributed by atoms with Crippen molar-refractivity contribution in [3.63, 3.8) is 0 Å². The monoisotopic (exact) mass is 239 g/mol. The van der Waals surface area contributed by atoms with Gasteiger partial charge in [-0.25, -0.2) is 4.99 Å². The van der Waals surface area contributed by atoms with Crippen LogP contribution in [0.4, 0.5) is 0 Å². The SMILES string of the molecule is CC(C)C1CCCN(C(N)=NC(C)(C)C)CC1. The Balaban J connectivity index is 2.60. The molecule has 0 amide bonds. The Bertz CT molecular complexity index is 263. The Morgan fingerprint density at radius 1 is 1.24 bits per heavy atom. The van der Waals surface area contributed by atoms with Crippen molar-refractivity contribution in [2.45, 2.75) is 59.4 Å². The maximum absolute atomic E-state index is 6.10. The molecule has 3 heteroatoms. The lowest BCUT2D eigenvalue weighted by molar-refractivity contribution is 0.338. The molecule has 1 aliphatic rings. The first kappa shape index (κ1) is 14.3. The van der Waals surface area contributed by atoms with Crippen molar-refractivity contribution in [1.82, 2.24) is 4.90 Å². The van der Waals surface area contributed by atoms with Gasteiger partial charge in [-0.05, 0) is 51.9 Å². The number of nitrogens with zero attached hydrogens (tertiary/aromatic N) is 2. The Kier molecular flexibility index (Phi) is 4.84. The second-order valence-electron chi connectivity index (χ2n) is 6.56. The number of likely N-dealkylation sites (tertiary alicyclic amines) is 1. The molecule has 1 atom stereocenters. The standard InChI is InChI=1S/C14H29N3/c1-11(2)12-7-6-9-17(10-8-12)13(15)16-14(3,4)5/h11-12H,6-10H2,1-5H3,(H2,15,16). The van der Waals surface area contributed by atoms with E-state index in [9.17, 15) is 0 Å². The van der Waals surface area contributed by atoms with Crippen molar-refractivity contribution >= 4 is 5.96 Å². The molecule has 1 unspecified atom stereocenters. The van der Waals surface area contributed by atoms with Crippen LogP contribution in [-0.4, -0.2) is 29.5 Å². The maximum atomic E-state index is 6.10. The number of guanidine groups is 1. The summed E-state index contributed by atoms with van der Waals surface area (Å²) in [6.07, 6.45) is 3.82. The average Bonchev–Trinajstić information content (AvgIpc) is 2.39. The van der Waals surface area contributed by atoms with E-state index >= 15 is 0 Å². The van der Waals surface area contributed by atoms with Crippen molar-refractivity contribution < 1.29 is 0 Å². The fourth-order valence-electron chi connectivity index (χ4n) is 2.43. The second-order valence-corrected chi connectivity index (χ2v) is 6.56. The van der Waals surface area contributed by atoms with Gasteiger partial charge in [0.2, 0.25) is 0 Å². The van der Waals surface area contributed by atoms with Crippen molar-refractivity contribution in [2.24, 2.45) is 22.6 Å². The molecule has 0 saturated carbocycles. The van der Waals surface area contributed by atoms with Crippen LogP contribution in [0.5, 0.6) is 0 Å². The molecule has 0 bridgehead atoms. The molecular formula is C14H29N3. The predicted molar refractivity (Wildman–Crippen MR) is 75.1 cm³/mol. The first-order chi connectivity index (χ1) is 7.79. The quantitative estimate of drug-likeness (QED) is 0.565. The van der Waals surface area contributed by atoms with E-state index in [-0.39, 0.29) is 5.54 Å². The molecule has 0 spiro atoms. The third-order valence-corrected chi connectivity index (χ3v) is 3.49. The molecule has 0 radical (unpaired) electrons. The summed E-state index contributed by atoms with van der Waals surface area (Å²) in [6.45, 7) is 13.1. The summed E-state index contributed by atoms with van der Waals surface area (Å²) in [4.78, 5) is 6.82. The van der Waals surface area contributed by atoms with Crippen molar-refractivity contribution in [2.75, 3.05) is 13.1 Å². The van der Waals surface area contributed by atoms with E-state index in [1.165, 1.54) is 19.3 Å². The third kappa shape index (κ3) is 4.97. The van der Waals surface area contributed by atoms with Crippen LogP contribution in [0.2, 0.25) is 0 Å². The minimum atomic E-state index is -0.0756. The predicted octanol–water partition coefficient (Wildman–Crippen LogP) is 2.86. The fraction of sp³-hybridized carbons (Fsp3) is 0.929. The van der Waals surface area contributed by atoms with Crippen LogP contribution in [0.3, 0.4) is 0 Å². The van der Waals surface area contributed by atoms with E-state index in [1.54, 1.807) is 0 Å². The van der Waals surface area contributed by atoms with Gasteiger partial charge in [-0.15, -0.1) is 0 Å². The lowest BCUT2D eigenvalue weighted by atomic mass is 9.89. The lowest BCUT2D eigenvalue weighted by Gasteiger charge is -2.25. The van der Waals surface area contributed by atoms with Gasteiger partial charge < -0.3 is 10.6 Å². The van der Waals surface area contributed by atoms with Crippen LogP contribution in [0.1, 0.15) is 53.9 Å². The minimum absolute atomic E-state index is 0.0756.